The Morgan fingerprint density at radius 1 is 1.42 bits per heavy atom. The lowest BCUT2D eigenvalue weighted by molar-refractivity contribution is -0.135. The number of carbonyl (C=O) groups excluding carboxylic acids is 1. The first-order valence-electron chi connectivity index (χ1n) is 5.86. The van der Waals surface area contributed by atoms with Crippen molar-refractivity contribution in [1.29, 1.82) is 0 Å². The number of aryl methyl sites for hydroxylation is 1. The fraction of sp³-hybridized carbons (Fsp3) is 0.500. The van der Waals surface area contributed by atoms with Gasteiger partial charge in [0.05, 0.1) is 5.56 Å². The average Bonchev–Trinajstić information content (AvgIpc) is 2.26. The molecule has 0 aromatic carbocycles. The molecule has 1 aromatic heterocycles. The van der Waals surface area contributed by atoms with Crippen LogP contribution in [0, 0.1) is 6.92 Å². The zero-order valence-electron chi connectivity index (χ0n) is 10.5. The Morgan fingerprint density at radius 2 is 2.11 bits per heavy atom. The lowest BCUT2D eigenvalue weighted by Gasteiger charge is -2.08. The van der Waals surface area contributed by atoms with Crippen LogP contribution in [0.5, 0.6) is 0 Å². The third-order valence-electron chi connectivity index (χ3n) is 2.49. The predicted molar refractivity (Wildman–Crippen MR) is 65.6 cm³/mol. The number of alkyl halides is 3. The Morgan fingerprint density at radius 3 is 2.68 bits per heavy atom. The molecule has 1 rings (SSSR count). The van der Waals surface area contributed by atoms with Gasteiger partial charge in [-0.15, -0.1) is 0 Å². The summed E-state index contributed by atoms with van der Waals surface area (Å²) in [7, 11) is 0. The highest BCUT2D eigenvalue weighted by atomic mass is 19.4. The molecular weight excluding hydrogens is 259 g/mol. The fourth-order valence-electron chi connectivity index (χ4n) is 1.52. The molecule has 19 heavy (non-hydrogen) atoms. The molecule has 0 aliphatic carbocycles. The van der Waals surface area contributed by atoms with Gasteiger partial charge in [0.15, 0.2) is 0 Å². The van der Waals surface area contributed by atoms with E-state index in [-0.39, 0.29) is 24.9 Å². The van der Waals surface area contributed by atoms with Crippen LogP contribution in [0.3, 0.4) is 0 Å². The molecule has 0 bridgehead atoms. The molecule has 0 saturated heterocycles. The monoisotopic (exact) mass is 275 g/mol. The molecule has 0 spiro atoms. The van der Waals surface area contributed by atoms with E-state index in [4.69, 9.17) is 5.73 Å². The Balaban J connectivity index is 2.36. The van der Waals surface area contributed by atoms with Crippen LogP contribution in [-0.2, 0) is 0 Å². The molecular formula is C12H16F3N3O. The quantitative estimate of drug-likeness (QED) is 0.811. The molecule has 0 atom stereocenters. The third kappa shape index (κ3) is 5.58. The number of pyridine rings is 1. The van der Waals surface area contributed by atoms with Gasteiger partial charge in [-0.1, -0.05) is 0 Å². The summed E-state index contributed by atoms with van der Waals surface area (Å²) >= 11 is 0. The van der Waals surface area contributed by atoms with E-state index in [1.165, 1.54) is 6.20 Å². The Labute approximate surface area is 109 Å². The molecule has 1 heterocycles. The summed E-state index contributed by atoms with van der Waals surface area (Å²) in [5, 5.41) is 2.52. The number of nitrogen functional groups attached to an aromatic ring is 1. The summed E-state index contributed by atoms with van der Waals surface area (Å²) in [6.45, 7) is 1.93. The van der Waals surface area contributed by atoms with Gasteiger partial charge < -0.3 is 11.1 Å². The molecule has 1 amide bonds. The van der Waals surface area contributed by atoms with Gasteiger partial charge in [0, 0.05) is 30.5 Å². The van der Waals surface area contributed by atoms with Crippen LogP contribution in [0.15, 0.2) is 12.3 Å². The number of carbonyl (C=O) groups is 1. The standard InChI is InChI=1S/C12H16F3N3O/c1-8-6-10(16)9(7-18-8)11(19)17-5-3-2-4-12(13,14)15/h6-7H,2-5H2,1H3,(H2,16,18)(H,17,19). The Kier molecular flexibility index (Phi) is 5.14. The van der Waals surface area contributed by atoms with Crippen LogP contribution in [-0.4, -0.2) is 23.6 Å². The largest absolute Gasteiger partial charge is 0.398 e. The molecule has 7 heteroatoms. The number of amides is 1. The van der Waals surface area contributed by atoms with Gasteiger partial charge >= 0.3 is 6.18 Å². The van der Waals surface area contributed by atoms with E-state index in [0.717, 1.165) is 0 Å². The van der Waals surface area contributed by atoms with Gasteiger partial charge in [0.2, 0.25) is 0 Å². The number of hydrogen-bond acceptors (Lipinski definition) is 3. The first kappa shape index (κ1) is 15.3. The van der Waals surface area contributed by atoms with E-state index >= 15 is 0 Å². The number of nitrogens with zero attached hydrogens (tertiary/aromatic N) is 1. The lowest BCUT2D eigenvalue weighted by Crippen LogP contribution is -2.25. The van der Waals surface area contributed by atoms with Crippen molar-refractivity contribution in [2.24, 2.45) is 0 Å². The van der Waals surface area contributed by atoms with Crippen molar-refractivity contribution in [3.05, 3.63) is 23.5 Å². The maximum absolute atomic E-state index is 11.9. The third-order valence-corrected chi connectivity index (χ3v) is 2.49. The molecule has 0 unspecified atom stereocenters. The molecule has 0 saturated carbocycles. The average molecular weight is 275 g/mol. The highest BCUT2D eigenvalue weighted by molar-refractivity contribution is 5.98. The summed E-state index contributed by atoms with van der Waals surface area (Å²) in [5.74, 6) is -0.419. The van der Waals surface area contributed by atoms with Gasteiger partial charge in [0.1, 0.15) is 0 Å². The Bertz CT molecular complexity index is 446. The molecule has 106 valence electrons. The number of hydrogen-bond donors (Lipinski definition) is 2. The molecule has 1 aromatic rings. The second-order valence-corrected chi connectivity index (χ2v) is 4.24. The molecule has 3 N–H and O–H groups in total. The maximum atomic E-state index is 11.9. The normalized spacial score (nSPS) is 11.4. The number of halogens is 3. The van der Waals surface area contributed by atoms with E-state index in [2.05, 4.69) is 10.3 Å². The number of nitrogens with two attached hydrogens (primary N) is 1. The number of anilines is 1. The maximum Gasteiger partial charge on any atom is 0.389 e. The Hall–Kier alpha value is -1.79. The van der Waals surface area contributed by atoms with Crippen molar-refractivity contribution in [2.45, 2.75) is 32.4 Å². The minimum Gasteiger partial charge on any atom is -0.398 e. The summed E-state index contributed by atoms with van der Waals surface area (Å²) in [5.41, 5.74) is 6.90. The zero-order valence-corrected chi connectivity index (χ0v) is 10.5. The van der Waals surface area contributed by atoms with Crippen molar-refractivity contribution >= 4 is 11.6 Å². The van der Waals surface area contributed by atoms with Crippen LogP contribution >= 0.6 is 0 Å². The number of unbranched alkanes of at least 4 members (excludes halogenated alkanes) is 1. The van der Waals surface area contributed by atoms with Crippen LogP contribution in [0.25, 0.3) is 0 Å². The molecule has 0 fully saturated rings. The smallest absolute Gasteiger partial charge is 0.389 e. The van der Waals surface area contributed by atoms with Crippen molar-refractivity contribution in [3.63, 3.8) is 0 Å². The highest BCUT2D eigenvalue weighted by Gasteiger charge is 2.25. The van der Waals surface area contributed by atoms with E-state index < -0.39 is 18.5 Å². The lowest BCUT2D eigenvalue weighted by atomic mass is 10.2. The van der Waals surface area contributed by atoms with E-state index in [1.54, 1.807) is 13.0 Å². The highest BCUT2D eigenvalue weighted by Crippen LogP contribution is 2.21. The summed E-state index contributed by atoms with van der Waals surface area (Å²) in [6.07, 6.45) is -3.36. The first-order chi connectivity index (χ1) is 8.79. The summed E-state index contributed by atoms with van der Waals surface area (Å²) in [6, 6.07) is 1.57. The SMILES string of the molecule is Cc1cc(N)c(C(=O)NCCCCC(F)(F)F)cn1. The molecule has 0 aliphatic rings. The number of rotatable bonds is 5. The topological polar surface area (TPSA) is 68.0 Å². The van der Waals surface area contributed by atoms with Crippen LogP contribution in [0.2, 0.25) is 0 Å². The number of aromatic nitrogens is 1. The summed E-state index contributed by atoms with van der Waals surface area (Å²) in [4.78, 5) is 15.6. The molecule has 0 radical (unpaired) electrons. The van der Waals surface area contributed by atoms with Crippen molar-refractivity contribution in [2.75, 3.05) is 12.3 Å². The zero-order chi connectivity index (χ0) is 14.5. The second kappa shape index (κ2) is 6.40. The van der Waals surface area contributed by atoms with E-state index in [0.29, 0.717) is 11.4 Å². The van der Waals surface area contributed by atoms with Crippen LogP contribution in [0.4, 0.5) is 18.9 Å². The van der Waals surface area contributed by atoms with E-state index in [1.807, 2.05) is 0 Å². The minimum absolute atomic E-state index is 0.00852. The van der Waals surface area contributed by atoms with E-state index in [9.17, 15) is 18.0 Å². The molecule has 0 aliphatic heterocycles. The van der Waals surface area contributed by atoms with Gasteiger partial charge in [0.25, 0.3) is 5.91 Å². The van der Waals surface area contributed by atoms with Gasteiger partial charge in [-0.3, -0.25) is 9.78 Å². The second-order valence-electron chi connectivity index (χ2n) is 4.24. The minimum atomic E-state index is -4.14. The fourth-order valence-corrected chi connectivity index (χ4v) is 1.52. The van der Waals surface area contributed by atoms with Crippen LogP contribution in [0.1, 0.15) is 35.3 Å². The predicted octanol–water partition coefficient (Wildman–Crippen LogP) is 2.43. The van der Waals surface area contributed by atoms with Crippen LogP contribution < -0.4 is 11.1 Å². The molecule has 4 nitrogen and oxygen atoms in total. The van der Waals surface area contributed by atoms with Gasteiger partial charge in [-0.05, 0) is 25.8 Å². The van der Waals surface area contributed by atoms with Crippen molar-refractivity contribution in [3.8, 4) is 0 Å². The van der Waals surface area contributed by atoms with Crippen molar-refractivity contribution in [1.82, 2.24) is 10.3 Å². The van der Waals surface area contributed by atoms with Gasteiger partial charge in [-0.2, -0.15) is 13.2 Å². The summed E-state index contributed by atoms with van der Waals surface area (Å²) < 4.78 is 35.7. The van der Waals surface area contributed by atoms with Crippen molar-refractivity contribution < 1.29 is 18.0 Å². The van der Waals surface area contributed by atoms with Gasteiger partial charge in [-0.25, -0.2) is 0 Å². The number of nitrogens with one attached hydrogen (secondary N) is 1. The first-order valence-corrected chi connectivity index (χ1v) is 5.86.